The molecule has 5 nitrogen and oxygen atoms in total. The van der Waals surface area contributed by atoms with Gasteiger partial charge in [0.25, 0.3) is 0 Å². The van der Waals surface area contributed by atoms with Crippen LogP contribution in [0.3, 0.4) is 0 Å². The van der Waals surface area contributed by atoms with Crippen molar-refractivity contribution in [1.82, 2.24) is 10.3 Å². The summed E-state index contributed by atoms with van der Waals surface area (Å²) in [4.78, 5) is 29.9. The molecule has 7 heteroatoms. The van der Waals surface area contributed by atoms with Crippen molar-refractivity contribution in [1.29, 1.82) is 0 Å². The molecule has 2 aromatic rings. The van der Waals surface area contributed by atoms with Crippen LogP contribution in [0.25, 0.3) is 11.3 Å². The number of thioether (sulfide) groups is 1. The molecule has 0 radical (unpaired) electrons. The summed E-state index contributed by atoms with van der Waals surface area (Å²) in [5.41, 5.74) is 1.89. The van der Waals surface area contributed by atoms with Crippen molar-refractivity contribution >= 4 is 40.0 Å². The third kappa shape index (κ3) is 5.81. The number of nitrogens with zero attached hydrogens (tertiary/aromatic N) is 1. The summed E-state index contributed by atoms with van der Waals surface area (Å²) >= 11 is 3.11. The average Bonchev–Trinajstić information content (AvgIpc) is 3.17. The van der Waals surface area contributed by atoms with E-state index in [9.17, 15) is 9.59 Å². The fourth-order valence-corrected chi connectivity index (χ4v) is 4.36. The quantitative estimate of drug-likeness (QED) is 0.665. The SMILES string of the molecule is CSc1ccc(-c2csc(NC(=O)CCNC(=O)C3CCCCC3)n2)cc1. The molecule has 3 rings (SSSR count). The monoisotopic (exact) mass is 403 g/mol. The lowest BCUT2D eigenvalue weighted by Crippen LogP contribution is -2.34. The zero-order valence-corrected chi connectivity index (χ0v) is 17.1. The molecule has 0 saturated heterocycles. The topological polar surface area (TPSA) is 71.1 Å². The van der Waals surface area contributed by atoms with Gasteiger partial charge in [0.2, 0.25) is 11.8 Å². The van der Waals surface area contributed by atoms with Gasteiger partial charge in [0.1, 0.15) is 0 Å². The molecule has 144 valence electrons. The van der Waals surface area contributed by atoms with Crippen molar-refractivity contribution in [3.05, 3.63) is 29.6 Å². The maximum absolute atomic E-state index is 12.1. The van der Waals surface area contributed by atoms with Gasteiger partial charge in [-0.15, -0.1) is 23.1 Å². The first kappa shape index (κ1) is 19.9. The molecule has 0 bridgehead atoms. The van der Waals surface area contributed by atoms with Crippen molar-refractivity contribution in [3.63, 3.8) is 0 Å². The molecular formula is C20H25N3O2S2. The summed E-state index contributed by atoms with van der Waals surface area (Å²) in [5, 5.41) is 8.24. The summed E-state index contributed by atoms with van der Waals surface area (Å²) in [5.74, 6) is 0.0890. The molecule has 1 fully saturated rings. The van der Waals surface area contributed by atoms with E-state index in [0.717, 1.165) is 36.9 Å². The highest BCUT2D eigenvalue weighted by Gasteiger charge is 2.20. The van der Waals surface area contributed by atoms with E-state index in [2.05, 4.69) is 27.8 Å². The van der Waals surface area contributed by atoms with Crippen LogP contribution < -0.4 is 10.6 Å². The molecule has 0 atom stereocenters. The lowest BCUT2D eigenvalue weighted by atomic mass is 9.89. The van der Waals surface area contributed by atoms with Gasteiger partial charge in [-0.2, -0.15) is 0 Å². The number of carbonyl (C=O) groups is 2. The van der Waals surface area contributed by atoms with Crippen LogP contribution in [0.4, 0.5) is 5.13 Å². The predicted octanol–water partition coefficient (Wildman–Crippen LogP) is 4.56. The number of rotatable bonds is 7. The first-order valence-corrected chi connectivity index (χ1v) is 11.4. The predicted molar refractivity (Wildman–Crippen MR) is 112 cm³/mol. The van der Waals surface area contributed by atoms with E-state index in [1.807, 2.05) is 23.8 Å². The van der Waals surface area contributed by atoms with Crippen LogP contribution in [-0.2, 0) is 9.59 Å². The summed E-state index contributed by atoms with van der Waals surface area (Å²) in [6.45, 7) is 0.371. The molecule has 1 aromatic carbocycles. The summed E-state index contributed by atoms with van der Waals surface area (Å²) in [7, 11) is 0. The number of aromatic nitrogens is 1. The van der Waals surface area contributed by atoms with E-state index in [1.54, 1.807) is 11.8 Å². The number of benzene rings is 1. The molecule has 27 heavy (non-hydrogen) atoms. The first-order chi connectivity index (χ1) is 13.2. The van der Waals surface area contributed by atoms with Crippen LogP contribution in [0.5, 0.6) is 0 Å². The molecule has 1 heterocycles. The molecular weight excluding hydrogens is 378 g/mol. The van der Waals surface area contributed by atoms with Gasteiger partial charge < -0.3 is 10.6 Å². The number of nitrogens with one attached hydrogen (secondary N) is 2. The normalized spacial score (nSPS) is 14.7. The second-order valence-electron chi connectivity index (χ2n) is 6.69. The zero-order chi connectivity index (χ0) is 19.1. The number of carbonyl (C=O) groups excluding carboxylic acids is 2. The second-order valence-corrected chi connectivity index (χ2v) is 8.43. The summed E-state index contributed by atoms with van der Waals surface area (Å²) in [6.07, 6.45) is 7.73. The van der Waals surface area contributed by atoms with Gasteiger partial charge in [-0.3, -0.25) is 9.59 Å². The number of hydrogen-bond acceptors (Lipinski definition) is 5. The van der Waals surface area contributed by atoms with Gasteiger partial charge in [-0.05, 0) is 31.2 Å². The number of anilines is 1. The Labute approximate surface area is 168 Å². The van der Waals surface area contributed by atoms with E-state index >= 15 is 0 Å². The molecule has 0 aliphatic heterocycles. The highest BCUT2D eigenvalue weighted by molar-refractivity contribution is 7.98. The van der Waals surface area contributed by atoms with E-state index in [4.69, 9.17) is 0 Å². The van der Waals surface area contributed by atoms with Gasteiger partial charge in [-0.25, -0.2) is 4.98 Å². The van der Waals surface area contributed by atoms with Gasteiger partial charge in [0.15, 0.2) is 5.13 Å². The van der Waals surface area contributed by atoms with Crippen molar-refractivity contribution in [2.24, 2.45) is 5.92 Å². The van der Waals surface area contributed by atoms with Crippen LogP contribution in [0, 0.1) is 5.92 Å². The minimum Gasteiger partial charge on any atom is -0.355 e. The maximum Gasteiger partial charge on any atom is 0.227 e. The number of thiazole rings is 1. The number of hydrogen-bond donors (Lipinski definition) is 2. The van der Waals surface area contributed by atoms with Crippen LogP contribution in [0.1, 0.15) is 38.5 Å². The van der Waals surface area contributed by atoms with E-state index in [1.165, 1.54) is 22.7 Å². The van der Waals surface area contributed by atoms with Gasteiger partial charge in [0, 0.05) is 34.7 Å². The van der Waals surface area contributed by atoms with E-state index in [-0.39, 0.29) is 24.2 Å². The fourth-order valence-electron chi connectivity index (χ4n) is 3.22. The van der Waals surface area contributed by atoms with Gasteiger partial charge >= 0.3 is 0 Å². The molecule has 1 aromatic heterocycles. The smallest absolute Gasteiger partial charge is 0.227 e. The minimum atomic E-state index is -0.127. The maximum atomic E-state index is 12.1. The Morgan fingerprint density at radius 1 is 1.19 bits per heavy atom. The third-order valence-corrected chi connectivity index (χ3v) is 6.26. The first-order valence-electron chi connectivity index (χ1n) is 9.33. The molecule has 2 amide bonds. The van der Waals surface area contributed by atoms with Gasteiger partial charge in [-0.1, -0.05) is 31.4 Å². The van der Waals surface area contributed by atoms with Crippen molar-refractivity contribution in [3.8, 4) is 11.3 Å². The van der Waals surface area contributed by atoms with Gasteiger partial charge in [0.05, 0.1) is 5.69 Å². The second kappa shape index (κ2) is 9.90. The molecule has 0 spiro atoms. The highest BCUT2D eigenvalue weighted by atomic mass is 32.2. The lowest BCUT2D eigenvalue weighted by molar-refractivity contribution is -0.126. The zero-order valence-electron chi connectivity index (χ0n) is 15.5. The van der Waals surface area contributed by atoms with Crippen molar-refractivity contribution in [2.75, 3.05) is 18.1 Å². The van der Waals surface area contributed by atoms with Crippen LogP contribution in [-0.4, -0.2) is 29.6 Å². The Balaban J connectivity index is 1.44. The number of amides is 2. The summed E-state index contributed by atoms with van der Waals surface area (Å²) in [6, 6.07) is 8.19. The Morgan fingerprint density at radius 3 is 2.63 bits per heavy atom. The Hall–Kier alpha value is -1.86. The van der Waals surface area contributed by atoms with Crippen LogP contribution in [0.2, 0.25) is 0 Å². The molecule has 0 unspecified atom stereocenters. The summed E-state index contributed by atoms with van der Waals surface area (Å²) < 4.78 is 0. The molecule has 2 N–H and O–H groups in total. The Bertz CT molecular complexity index is 768. The Morgan fingerprint density at radius 2 is 1.93 bits per heavy atom. The minimum absolute atomic E-state index is 0.0905. The third-order valence-electron chi connectivity index (χ3n) is 4.76. The fraction of sp³-hybridized carbons (Fsp3) is 0.450. The average molecular weight is 404 g/mol. The molecule has 1 aliphatic carbocycles. The van der Waals surface area contributed by atoms with Crippen molar-refractivity contribution in [2.45, 2.75) is 43.4 Å². The van der Waals surface area contributed by atoms with Crippen LogP contribution in [0.15, 0.2) is 34.5 Å². The van der Waals surface area contributed by atoms with E-state index < -0.39 is 0 Å². The largest absolute Gasteiger partial charge is 0.355 e. The van der Waals surface area contributed by atoms with Crippen molar-refractivity contribution < 1.29 is 9.59 Å². The lowest BCUT2D eigenvalue weighted by Gasteiger charge is -2.20. The standard InChI is InChI=1S/C20H25N3O2S2/c1-26-16-9-7-14(8-10-16)17-13-27-20(22-17)23-18(24)11-12-21-19(25)15-5-3-2-4-6-15/h7-10,13,15H,2-6,11-12H2,1H3,(H,21,25)(H,22,23,24). The molecule has 1 saturated carbocycles. The molecule has 1 aliphatic rings. The Kier molecular flexibility index (Phi) is 7.29. The van der Waals surface area contributed by atoms with Crippen LogP contribution >= 0.6 is 23.1 Å². The highest BCUT2D eigenvalue weighted by Crippen LogP contribution is 2.27. The van der Waals surface area contributed by atoms with E-state index in [0.29, 0.717) is 11.7 Å².